The van der Waals surface area contributed by atoms with E-state index in [0.29, 0.717) is 41.3 Å². The lowest BCUT2D eigenvalue weighted by molar-refractivity contribution is -0.141. The zero-order chi connectivity index (χ0) is 31.7. The van der Waals surface area contributed by atoms with Gasteiger partial charge in [0.05, 0.1) is 17.5 Å². The predicted molar refractivity (Wildman–Crippen MR) is 149 cm³/mol. The van der Waals surface area contributed by atoms with E-state index < -0.39 is 30.4 Å². The van der Waals surface area contributed by atoms with E-state index in [1.807, 2.05) is 6.92 Å². The summed E-state index contributed by atoms with van der Waals surface area (Å²) in [5.41, 5.74) is 5.93. The number of aromatic nitrogens is 5. The maximum Gasteiger partial charge on any atom is 0.435 e. The van der Waals surface area contributed by atoms with Crippen LogP contribution in [0.1, 0.15) is 28.5 Å². The van der Waals surface area contributed by atoms with Gasteiger partial charge in [-0.2, -0.15) is 18.3 Å². The van der Waals surface area contributed by atoms with E-state index >= 15 is 0 Å². The van der Waals surface area contributed by atoms with E-state index in [4.69, 9.17) is 27.2 Å². The van der Waals surface area contributed by atoms with Crippen molar-refractivity contribution in [2.75, 3.05) is 24.3 Å². The van der Waals surface area contributed by atoms with Crippen LogP contribution in [0.3, 0.4) is 0 Å². The molecule has 0 bridgehead atoms. The molecule has 0 aliphatic rings. The maximum atomic E-state index is 13.7. The average Bonchev–Trinajstić information content (AvgIpc) is 3.58. The third-order valence-electron chi connectivity index (χ3n) is 6.16. The molecule has 0 saturated heterocycles. The number of carboxylic acid groups (broad SMARTS) is 1. The number of amides is 1. The fourth-order valence-corrected chi connectivity index (χ4v) is 4.35. The van der Waals surface area contributed by atoms with Crippen LogP contribution in [-0.4, -0.2) is 67.0 Å². The Labute approximate surface area is 246 Å². The molecule has 4 rings (SSSR count). The molecule has 1 amide bonds. The highest BCUT2D eigenvalue weighted by Gasteiger charge is 2.38. The summed E-state index contributed by atoms with van der Waals surface area (Å²) in [6.45, 7) is 1.34. The number of hydrogen-bond donors (Lipinski definition) is 4. The first-order chi connectivity index (χ1) is 20.5. The Kier molecular flexibility index (Phi) is 11.4. The molecule has 0 radical (unpaired) electrons. The Hall–Kier alpha value is -4.31. The number of aryl methyl sites for hydroxylation is 1. The number of anilines is 2. The molecule has 1 unspecified atom stereocenters. The molecule has 1 aromatic carbocycles. The summed E-state index contributed by atoms with van der Waals surface area (Å²) in [6.07, 6.45) is -2.32. The number of imidazole rings is 1. The Balaban J connectivity index is 0.00000162. The largest absolute Gasteiger partial charge is 0.483 e. The Bertz CT molecular complexity index is 1540. The van der Waals surface area contributed by atoms with E-state index in [0.717, 1.165) is 11.8 Å². The monoisotopic (exact) mass is 630 g/mol. The number of nitrogens with zero attached hydrogens (tertiary/aromatic N) is 5. The normalized spacial score (nSPS) is 12.1. The van der Waals surface area contributed by atoms with E-state index in [1.165, 1.54) is 23.0 Å². The summed E-state index contributed by atoms with van der Waals surface area (Å²) < 4.78 is 68.6. The van der Waals surface area contributed by atoms with Crippen LogP contribution in [0, 0.1) is 5.92 Å². The number of carbonyl (C=O) groups excluding carboxylic acids is 1. The summed E-state index contributed by atoms with van der Waals surface area (Å²) in [7, 11) is 0. The maximum absolute atomic E-state index is 13.7. The van der Waals surface area contributed by atoms with Crippen LogP contribution in [0.15, 0.2) is 43.0 Å². The smallest absolute Gasteiger partial charge is 0.435 e. The zero-order valence-electron chi connectivity index (χ0n) is 22.7. The molecular weight excluding hydrogens is 603 g/mol. The summed E-state index contributed by atoms with van der Waals surface area (Å²) in [5, 5.41) is 16.2. The van der Waals surface area contributed by atoms with Crippen molar-refractivity contribution < 1.29 is 36.6 Å². The zero-order valence-corrected chi connectivity index (χ0v) is 23.4. The number of fused-ring (bicyclic) bond motifs is 1. The highest BCUT2D eigenvalue weighted by atomic mass is 35.5. The van der Waals surface area contributed by atoms with Crippen LogP contribution in [0.25, 0.3) is 16.9 Å². The van der Waals surface area contributed by atoms with Gasteiger partial charge in [-0.05, 0) is 36.7 Å². The number of halogens is 6. The van der Waals surface area contributed by atoms with Crippen LogP contribution in [-0.2, 0) is 23.9 Å². The van der Waals surface area contributed by atoms with E-state index in [1.54, 1.807) is 18.2 Å². The highest BCUT2D eigenvalue weighted by molar-refractivity contribution is 6.18. The summed E-state index contributed by atoms with van der Waals surface area (Å²) in [4.78, 5) is 29.6. The molecule has 0 saturated carbocycles. The molecule has 0 aliphatic heterocycles. The van der Waals surface area contributed by atoms with Crippen LogP contribution < -0.4 is 16.4 Å². The second kappa shape index (κ2) is 14.7. The molecule has 0 fully saturated rings. The van der Waals surface area contributed by atoms with Crippen molar-refractivity contribution in [1.82, 2.24) is 29.5 Å². The second-order valence-electron chi connectivity index (χ2n) is 9.04. The van der Waals surface area contributed by atoms with Crippen LogP contribution in [0.2, 0.25) is 0 Å². The molecule has 17 heteroatoms. The van der Waals surface area contributed by atoms with Gasteiger partial charge >= 0.3 is 6.18 Å². The number of rotatable bonds is 11. The van der Waals surface area contributed by atoms with Crippen molar-refractivity contribution in [3.8, 4) is 11.3 Å². The van der Waals surface area contributed by atoms with Crippen molar-refractivity contribution in [1.29, 1.82) is 0 Å². The van der Waals surface area contributed by atoms with Crippen LogP contribution >= 0.6 is 11.6 Å². The molecule has 11 nitrogen and oxygen atoms in total. The molecule has 3 aromatic heterocycles. The third kappa shape index (κ3) is 8.16. The van der Waals surface area contributed by atoms with E-state index in [9.17, 15) is 26.7 Å². The standard InChI is InChI=1S/C25H26ClF5N8O.CH2O2/c1-2-15-7-16(3-4-17(15)24(40)35-10-14(8-26)9-32)36-22-23-34-11-19(39(23)6-5-33-22)18-12-38(13-20(27)28)37-21(18)25(29,30)31;2-1-3/h3-7,11-12,14,20H,2,8-10,13,32H2,1H3,(H,33,36)(H,35,40);1H,(H,2,3). The SMILES string of the molecule is CCc1cc(Nc2nccn3c(-c4cn(CC(F)F)nc4C(F)(F)F)cnc23)ccc1C(=O)NCC(CN)CCl.O=CO. The van der Waals surface area contributed by atoms with Crippen molar-refractivity contribution >= 4 is 41.1 Å². The topological polar surface area (TPSA) is 152 Å². The van der Waals surface area contributed by atoms with Gasteiger partial charge in [-0.15, -0.1) is 11.6 Å². The van der Waals surface area contributed by atoms with Gasteiger partial charge in [0.1, 0.15) is 6.54 Å². The molecule has 0 spiro atoms. The summed E-state index contributed by atoms with van der Waals surface area (Å²) in [5.74, 6) is 0.241. The molecule has 4 aromatic rings. The average molecular weight is 631 g/mol. The quantitative estimate of drug-likeness (QED) is 0.108. The summed E-state index contributed by atoms with van der Waals surface area (Å²) in [6, 6.07) is 5.09. The molecule has 43 heavy (non-hydrogen) atoms. The Morgan fingerprint density at radius 3 is 2.58 bits per heavy atom. The summed E-state index contributed by atoms with van der Waals surface area (Å²) >= 11 is 5.84. The number of alkyl halides is 6. The number of hydrogen-bond acceptors (Lipinski definition) is 7. The van der Waals surface area contributed by atoms with Gasteiger partial charge in [-0.25, -0.2) is 18.7 Å². The van der Waals surface area contributed by atoms with Gasteiger partial charge in [0.2, 0.25) is 0 Å². The molecule has 3 heterocycles. The van der Waals surface area contributed by atoms with Gasteiger partial charge in [-0.3, -0.25) is 18.7 Å². The second-order valence-corrected chi connectivity index (χ2v) is 9.35. The van der Waals surface area contributed by atoms with Crippen molar-refractivity contribution in [2.24, 2.45) is 11.7 Å². The number of carbonyl (C=O) groups is 2. The van der Waals surface area contributed by atoms with Gasteiger partial charge in [0.15, 0.2) is 17.2 Å². The molecule has 0 aliphatic carbocycles. The van der Waals surface area contributed by atoms with E-state index in [-0.39, 0.29) is 35.5 Å². The van der Waals surface area contributed by atoms with Gasteiger partial charge in [0, 0.05) is 48.2 Å². The first-order valence-corrected chi connectivity index (χ1v) is 13.3. The first kappa shape index (κ1) is 33.2. The van der Waals surface area contributed by atoms with Crippen molar-refractivity contribution in [3.05, 3.63) is 59.8 Å². The lowest BCUT2D eigenvalue weighted by atomic mass is 10.0. The lowest BCUT2D eigenvalue weighted by Gasteiger charge is -2.15. The van der Waals surface area contributed by atoms with Crippen molar-refractivity contribution in [3.63, 3.8) is 0 Å². The van der Waals surface area contributed by atoms with E-state index in [2.05, 4.69) is 25.7 Å². The van der Waals surface area contributed by atoms with Gasteiger partial charge in [0.25, 0.3) is 18.8 Å². The number of benzene rings is 1. The molecule has 232 valence electrons. The van der Waals surface area contributed by atoms with Gasteiger partial charge < -0.3 is 21.5 Å². The first-order valence-electron chi connectivity index (χ1n) is 12.7. The van der Waals surface area contributed by atoms with Crippen LogP contribution in [0.4, 0.5) is 33.5 Å². The minimum atomic E-state index is -4.87. The van der Waals surface area contributed by atoms with Gasteiger partial charge in [-0.1, -0.05) is 6.92 Å². The fraction of sp³-hybridized carbons (Fsp3) is 0.346. The predicted octanol–water partition coefficient (Wildman–Crippen LogP) is 4.43. The van der Waals surface area contributed by atoms with Crippen LogP contribution in [0.5, 0.6) is 0 Å². The highest BCUT2D eigenvalue weighted by Crippen LogP contribution is 2.37. The molecule has 1 atom stereocenters. The third-order valence-corrected chi connectivity index (χ3v) is 6.59. The molecule has 5 N–H and O–H groups in total. The fourth-order valence-electron chi connectivity index (χ4n) is 4.12. The minimum Gasteiger partial charge on any atom is -0.483 e. The Morgan fingerprint density at radius 2 is 1.98 bits per heavy atom. The lowest BCUT2D eigenvalue weighted by Crippen LogP contribution is -2.34. The molecular formula is C26H28ClF5N8O3. The van der Waals surface area contributed by atoms with Crippen molar-refractivity contribution in [2.45, 2.75) is 32.5 Å². The Morgan fingerprint density at radius 1 is 1.26 bits per heavy atom. The number of nitrogens with two attached hydrogens (primary N) is 1. The minimum absolute atomic E-state index is 0.00212. The number of nitrogens with one attached hydrogen (secondary N) is 2.